The second-order valence-electron chi connectivity index (χ2n) is 4.65. The monoisotopic (exact) mass is 264 g/mol. The van der Waals surface area contributed by atoms with E-state index in [9.17, 15) is 4.79 Å². The van der Waals surface area contributed by atoms with Crippen molar-refractivity contribution in [3.05, 3.63) is 24.0 Å². The molecular formula is C14H20N2O3. The summed E-state index contributed by atoms with van der Waals surface area (Å²) in [6.07, 6.45) is 3.55. The Balaban J connectivity index is 1.81. The van der Waals surface area contributed by atoms with E-state index in [0.717, 1.165) is 12.2 Å². The fourth-order valence-corrected chi connectivity index (χ4v) is 1.63. The quantitative estimate of drug-likeness (QED) is 0.759. The number of esters is 1. The highest BCUT2D eigenvalue weighted by Gasteiger charge is 2.20. The summed E-state index contributed by atoms with van der Waals surface area (Å²) in [7, 11) is 0. The number of carbonyl (C=O) groups is 1. The van der Waals surface area contributed by atoms with Crippen LogP contribution in [-0.4, -0.2) is 29.7 Å². The molecule has 5 nitrogen and oxygen atoms in total. The van der Waals surface area contributed by atoms with Crippen molar-refractivity contribution in [2.75, 3.05) is 6.61 Å². The number of nitrogens with one attached hydrogen (secondary N) is 1. The Kier molecular flexibility index (Phi) is 4.74. The molecule has 0 amide bonds. The summed E-state index contributed by atoms with van der Waals surface area (Å²) in [5, 5.41) is 3.39. The predicted molar refractivity (Wildman–Crippen MR) is 70.8 cm³/mol. The lowest BCUT2D eigenvalue weighted by molar-refractivity contribution is -0.150. The second kappa shape index (κ2) is 6.52. The normalized spacial score (nSPS) is 15.9. The Morgan fingerprint density at radius 2 is 2.32 bits per heavy atom. The molecule has 0 bridgehead atoms. The minimum absolute atomic E-state index is 0.358. The van der Waals surface area contributed by atoms with E-state index in [2.05, 4.69) is 10.3 Å². The Hall–Kier alpha value is -1.62. The number of hydrogen-bond donors (Lipinski definition) is 1. The first kappa shape index (κ1) is 13.8. The molecule has 0 spiro atoms. The molecule has 2 rings (SSSR count). The van der Waals surface area contributed by atoms with Crippen molar-refractivity contribution < 1.29 is 14.3 Å². The van der Waals surface area contributed by atoms with Crippen LogP contribution in [0.3, 0.4) is 0 Å². The molecule has 1 saturated carbocycles. The van der Waals surface area contributed by atoms with Gasteiger partial charge in [0.05, 0.1) is 18.5 Å². The third-order valence-electron chi connectivity index (χ3n) is 2.88. The van der Waals surface area contributed by atoms with Crippen molar-refractivity contribution >= 4 is 5.97 Å². The number of ether oxygens (including phenoxy) is 2. The maximum absolute atomic E-state index is 11.4. The maximum atomic E-state index is 11.4. The van der Waals surface area contributed by atoms with Crippen molar-refractivity contribution in [1.82, 2.24) is 10.3 Å². The molecule has 1 aromatic rings. The van der Waals surface area contributed by atoms with Gasteiger partial charge in [0, 0.05) is 12.6 Å². The average molecular weight is 264 g/mol. The van der Waals surface area contributed by atoms with Crippen LogP contribution in [0.25, 0.3) is 0 Å². The van der Waals surface area contributed by atoms with Crippen LogP contribution < -0.4 is 10.1 Å². The molecule has 1 N–H and O–H groups in total. The molecule has 1 heterocycles. The van der Waals surface area contributed by atoms with E-state index >= 15 is 0 Å². The van der Waals surface area contributed by atoms with Gasteiger partial charge in [0.25, 0.3) is 0 Å². The van der Waals surface area contributed by atoms with Gasteiger partial charge in [-0.15, -0.1) is 0 Å². The van der Waals surface area contributed by atoms with Crippen LogP contribution in [0.5, 0.6) is 5.75 Å². The van der Waals surface area contributed by atoms with E-state index in [1.807, 2.05) is 12.1 Å². The standard InChI is InChI=1S/C14H20N2O3/c1-3-18-14(17)10(2)19-13-7-6-12(16-9-13)8-15-11-4-5-11/h6-7,9-11,15H,3-5,8H2,1-2H3. The van der Waals surface area contributed by atoms with Crippen molar-refractivity contribution in [2.45, 2.75) is 45.4 Å². The van der Waals surface area contributed by atoms with Crippen LogP contribution in [0.1, 0.15) is 32.4 Å². The van der Waals surface area contributed by atoms with Gasteiger partial charge in [0.1, 0.15) is 5.75 Å². The number of nitrogens with zero attached hydrogens (tertiary/aromatic N) is 1. The summed E-state index contributed by atoms with van der Waals surface area (Å²) in [4.78, 5) is 15.7. The molecule has 1 atom stereocenters. The average Bonchev–Trinajstić information content (AvgIpc) is 3.22. The van der Waals surface area contributed by atoms with Gasteiger partial charge in [-0.25, -0.2) is 4.79 Å². The number of carbonyl (C=O) groups excluding carboxylic acids is 1. The lowest BCUT2D eigenvalue weighted by Crippen LogP contribution is -2.26. The third kappa shape index (κ3) is 4.52. The van der Waals surface area contributed by atoms with Crippen LogP contribution in [0.4, 0.5) is 0 Å². The molecular weight excluding hydrogens is 244 g/mol. The largest absolute Gasteiger partial charge is 0.477 e. The van der Waals surface area contributed by atoms with E-state index < -0.39 is 6.10 Å². The molecule has 104 valence electrons. The first-order valence-electron chi connectivity index (χ1n) is 6.70. The summed E-state index contributed by atoms with van der Waals surface area (Å²) < 4.78 is 10.3. The summed E-state index contributed by atoms with van der Waals surface area (Å²) in [6, 6.07) is 4.40. The van der Waals surface area contributed by atoms with Gasteiger partial charge in [-0.2, -0.15) is 0 Å². The Morgan fingerprint density at radius 3 is 2.89 bits per heavy atom. The van der Waals surface area contributed by atoms with E-state index in [1.54, 1.807) is 20.0 Å². The Bertz CT molecular complexity index is 415. The van der Waals surface area contributed by atoms with Crippen LogP contribution in [0, 0.1) is 0 Å². The van der Waals surface area contributed by atoms with E-state index in [-0.39, 0.29) is 5.97 Å². The SMILES string of the molecule is CCOC(=O)C(C)Oc1ccc(CNC2CC2)nc1. The Labute approximate surface area is 113 Å². The molecule has 1 aliphatic carbocycles. The first-order valence-corrected chi connectivity index (χ1v) is 6.70. The van der Waals surface area contributed by atoms with Gasteiger partial charge < -0.3 is 14.8 Å². The lowest BCUT2D eigenvalue weighted by atomic mass is 10.3. The maximum Gasteiger partial charge on any atom is 0.347 e. The van der Waals surface area contributed by atoms with Crippen molar-refractivity contribution in [3.8, 4) is 5.75 Å². The van der Waals surface area contributed by atoms with Crippen LogP contribution in [0.15, 0.2) is 18.3 Å². The highest BCUT2D eigenvalue weighted by Crippen LogP contribution is 2.19. The third-order valence-corrected chi connectivity index (χ3v) is 2.88. The highest BCUT2D eigenvalue weighted by molar-refractivity contribution is 5.74. The summed E-state index contributed by atoms with van der Waals surface area (Å²) >= 11 is 0. The smallest absolute Gasteiger partial charge is 0.347 e. The molecule has 0 saturated heterocycles. The van der Waals surface area contributed by atoms with Gasteiger partial charge in [0.2, 0.25) is 0 Å². The number of pyridine rings is 1. The molecule has 1 fully saturated rings. The number of rotatable bonds is 7. The van der Waals surface area contributed by atoms with Crippen molar-refractivity contribution in [2.24, 2.45) is 0 Å². The first-order chi connectivity index (χ1) is 9.19. The fraction of sp³-hybridized carbons (Fsp3) is 0.571. The van der Waals surface area contributed by atoms with Crippen LogP contribution >= 0.6 is 0 Å². The van der Waals surface area contributed by atoms with Gasteiger partial charge in [0.15, 0.2) is 6.10 Å². The van der Waals surface area contributed by atoms with Gasteiger partial charge in [-0.05, 0) is 38.8 Å². The summed E-state index contributed by atoms with van der Waals surface area (Å²) in [5.74, 6) is 0.220. The van der Waals surface area contributed by atoms with E-state index in [4.69, 9.17) is 9.47 Å². The highest BCUT2D eigenvalue weighted by atomic mass is 16.6. The van der Waals surface area contributed by atoms with Gasteiger partial charge in [-0.3, -0.25) is 4.98 Å². The topological polar surface area (TPSA) is 60.5 Å². The molecule has 1 aliphatic rings. The lowest BCUT2D eigenvalue weighted by Gasteiger charge is -2.13. The Morgan fingerprint density at radius 1 is 1.53 bits per heavy atom. The minimum Gasteiger partial charge on any atom is -0.477 e. The zero-order valence-corrected chi connectivity index (χ0v) is 11.4. The minimum atomic E-state index is -0.614. The fourth-order valence-electron chi connectivity index (χ4n) is 1.63. The number of hydrogen-bond acceptors (Lipinski definition) is 5. The van der Waals surface area contributed by atoms with Gasteiger partial charge >= 0.3 is 5.97 Å². The molecule has 19 heavy (non-hydrogen) atoms. The van der Waals surface area contributed by atoms with Crippen LogP contribution in [-0.2, 0) is 16.1 Å². The molecule has 5 heteroatoms. The molecule has 0 aliphatic heterocycles. The zero-order chi connectivity index (χ0) is 13.7. The van der Waals surface area contributed by atoms with Crippen molar-refractivity contribution in [1.29, 1.82) is 0 Å². The molecule has 1 unspecified atom stereocenters. The molecule has 1 aromatic heterocycles. The predicted octanol–water partition coefficient (Wildman–Crippen LogP) is 1.66. The molecule has 0 radical (unpaired) electrons. The van der Waals surface area contributed by atoms with Crippen LogP contribution in [0.2, 0.25) is 0 Å². The van der Waals surface area contributed by atoms with E-state index in [1.165, 1.54) is 12.8 Å². The zero-order valence-electron chi connectivity index (χ0n) is 11.4. The van der Waals surface area contributed by atoms with Crippen molar-refractivity contribution in [3.63, 3.8) is 0 Å². The summed E-state index contributed by atoms with van der Waals surface area (Å²) in [6.45, 7) is 4.57. The number of aromatic nitrogens is 1. The van der Waals surface area contributed by atoms with E-state index in [0.29, 0.717) is 18.4 Å². The molecule has 0 aromatic carbocycles. The second-order valence-corrected chi connectivity index (χ2v) is 4.65. The summed E-state index contributed by atoms with van der Waals surface area (Å²) in [5.41, 5.74) is 0.975. The van der Waals surface area contributed by atoms with Gasteiger partial charge in [-0.1, -0.05) is 0 Å².